The molecule has 31 heavy (non-hydrogen) atoms. The average molecular weight is 418 g/mol. The zero-order valence-corrected chi connectivity index (χ0v) is 18.4. The number of carboxylic acids is 1. The standard InChI is InChI=1S/C26H31N3O2/c1-3-18(2)29-24(27-25(28-29)21-9-5-4-6-10-21)17-19-13-15-20(16-14-19)22-11-7-8-12-23(22)26(30)31/h7-8,11-16,18,21H,3-6,9-10,17H2,1-2H3,(H,30,31). The van der Waals surface area contributed by atoms with Gasteiger partial charge in [0, 0.05) is 12.3 Å². The van der Waals surface area contributed by atoms with Gasteiger partial charge in [0.05, 0.1) is 11.6 Å². The van der Waals surface area contributed by atoms with Crippen LogP contribution in [0.2, 0.25) is 0 Å². The molecule has 4 rings (SSSR count). The van der Waals surface area contributed by atoms with E-state index in [-0.39, 0.29) is 0 Å². The lowest BCUT2D eigenvalue weighted by molar-refractivity contribution is 0.0697. The fraction of sp³-hybridized carbons (Fsp3) is 0.423. The SMILES string of the molecule is CCC(C)n1nc(C2CCCCC2)nc1Cc1ccc(-c2ccccc2C(=O)O)cc1. The smallest absolute Gasteiger partial charge is 0.336 e. The number of hydrogen-bond donors (Lipinski definition) is 1. The van der Waals surface area contributed by atoms with Crippen LogP contribution in [-0.2, 0) is 6.42 Å². The van der Waals surface area contributed by atoms with Crippen LogP contribution in [0, 0.1) is 0 Å². The van der Waals surface area contributed by atoms with Crippen molar-refractivity contribution in [2.24, 2.45) is 0 Å². The Morgan fingerprint density at radius 3 is 2.48 bits per heavy atom. The first kappa shape index (κ1) is 21.3. The molecule has 0 amide bonds. The molecular weight excluding hydrogens is 386 g/mol. The molecule has 1 aromatic heterocycles. The van der Waals surface area contributed by atoms with Gasteiger partial charge in [0.2, 0.25) is 0 Å². The summed E-state index contributed by atoms with van der Waals surface area (Å²) in [5.41, 5.74) is 3.13. The largest absolute Gasteiger partial charge is 0.478 e. The number of nitrogens with zero attached hydrogens (tertiary/aromatic N) is 3. The first-order valence-corrected chi connectivity index (χ1v) is 11.4. The summed E-state index contributed by atoms with van der Waals surface area (Å²) >= 11 is 0. The Hall–Kier alpha value is -2.95. The van der Waals surface area contributed by atoms with Crippen LogP contribution in [0.3, 0.4) is 0 Å². The number of hydrogen-bond acceptors (Lipinski definition) is 3. The van der Waals surface area contributed by atoms with Crippen LogP contribution in [-0.4, -0.2) is 25.8 Å². The molecular formula is C26H31N3O2. The van der Waals surface area contributed by atoms with E-state index in [2.05, 4.69) is 30.7 Å². The predicted molar refractivity (Wildman–Crippen MR) is 122 cm³/mol. The summed E-state index contributed by atoms with van der Waals surface area (Å²) < 4.78 is 2.12. The molecule has 5 heteroatoms. The number of benzene rings is 2. The highest BCUT2D eigenvalue weighted by Crippen LogP contribution is 2.32. The van der Waals surface area contributed by atoms with Crippen LogP contribution in [0.1, 0.15) is 91.9 Å². The van der Waals surface area contributed by atoms with Crippen LogP contribution in [0.5, 0.6) is 0 Å². The minimum absolute atomic E-state index is 0.321. The van der Waals surface area contributed by atoms with Gasteiger partial charge in [-0.2, -0.15) is 5.10 Å². The minimum Gasteiger partial charge on any atom is -0.478 e. The highest BCUT2D eigenvalue weighted by Gasteiger charge is 2.23. The minimum atomic E-state index is -0.906. The molecule has 1 aliphatic rings. The number of carbonyl (C=O) groups is 1. The summed E-state index contributed by atoms with van der Waals surface area (Å²) in [7, 11) is 0. The second-order valence-electron chi connectivity index (χ2n) is 8.65. The molecule has 1 N–H and O–H groups in total. The zero-order chi connectivity index (χ0) is 21.8. The van der Waals surface area contributed by atoms with Crippen molar-refractivity contribution in [1.29, 1.82) is 0 Å². The lowest BCUT2D eigenvalue weighted by Gasteiger charge is -2.18. The molecule has 0 aliphatic heterocycles. The van der Waals surface area contributed by atoms with Crippen LogP contribution in [0.15, 0.2) is 48.5 Å². The Kier molecular flexibility index (Phi) is 6.50. The summed E-state index contributed by atoms with van der Waals surface area (Å²) in [5.74, 6) is 1.62. The fourth-order valence-corrected chi connectivity index (χ4v) is 4.46. The number of aromatic carboxylic acids is 1. The first-order valence-electron chi connectivity index (χ1n) is 11.4. The normalized spacial score (nSPS) is 15.7. The maximum absolute atomic E-state index is 11.5. The molecule has 1 heterocycles. The predicted octanol–water partition coefficient (Wildman–Crippen LogP) is 6.25. The van der Waals surface area contributed by atoms with Crippen molar-refractivity contribution in [3.63, 3.8) is 0 Å². The molecule has 1 fully saturated rings. The maximum atomic E-state index is 11.5. The summed E-state index contributed by atoms with van der Waals surface area (Å²) in [5, 5.41) is 14.4. The summed E-state index contributed by atoms with van der Waals surface area (Å²) in [4.78, 5) is 16.5. The van der Waals surface area contributed by atoms with E-state index in [1.165, 1.54) is 32.1 Å². The Balaban J connectivity index is 1.59. The number of rotatable bonds is 7. The second-order valence-corrected chi connectivity index (χ2v) is 8.65. The fourth-order valence-electron chi connectivity index (χ4n) is 4.46. The van der Waals surface area contributed by atoms with E-state index in [0.717, 1.165) is 41.2 Å². The van der Waals surface area contributed by atoms with Crippen molar-refractivity contribution in [1.82, 2.24) is 14.8 Å². The van der Waals surface area contributed by atoms with Crippen molar-refractivity contribution in [2.45, 2.75) is 70.8 Å². The monoisotopic (exact) mass is 417 g/mol. The van der Waals surface area contributed by atoms with Gasteiger partial charge in [-0.25, -0.2) is 14.5 Å². The van der Waals surface area contributed by atoms with Crippen molar-refractivity contribution in [3.05, 3.63) is 71.3 Å². The lowest BCUT2D eigenvalue weighted by Crippen LogP contribution is -2.11. The molecule has 0 radical (unpaired) electrons. The molecule has 2 aromatic carbocycles. The lowest BCUT2D eigenvalue weighted by atomic mass is 9.89. The van der Waals surface area contributed by atoms with E-state index in [1.54, 1.807) is 12.1 Å². The maximum Gasteiger partial charge on any atom is 0.336 e. The van der Waals surface area contributed by atoms with Gasteiger partial charge in [0.25, 0.3) is 0 Å². The van der Waals surface area contributed by atoms with Gasteiger partial charge in [-0.05, 0) is 48.9 Å². The molecule has 1 atom stereocenters. The van der Waals surface area contributed by atoms with Crippen molar-refractivity contribution in [2.75, 3.05) is 0 Å². The Bertz CT molecular complexity index is 1030. The zero-order valence-electron chi connectivity index (χ0n) is 18.4. The summed E-state index contributed by atoms with van der Waals surface area (Å²) in [6.07, 6.45) is 8.01. The summed E-state index contributed by atoms with van der Waals surface area (Å²) in [6.45, 7) is 4.39. The van der Waals surface area contributed by atoms with Gasteiger partial charge in [-0.3, -0.25) is 0 Å². The van der Waals surface area contributed by atoms with Crippen LogP contribution < -0.4 is 0 Å². The van der Waals surface area contributed by atoms with E-state index < -0.39 is 5.97 Å². The topological polar surface area (TPSA) is 68.0 Å². The van der Waals surface area contributed by atoms with Gasteiger partial charge < -0.3 is 5.11 Å². The number of carboxylic acid groups (broad SMARTS) is 1. The quantitative estimate of drug-likeness (QED) is 0.493. The summed E-state index contributed by atoms with van der Waals surface area (Å²) in [6, 6.07) is 15.6. The van der Waals surface area contributed by atoms with Gasteiger partial charge in [-0.15, -0.1) is 0 Å². The van der Waals surface area contributed by atoms with Crippen LogP contribution in [0.25, 0.3) is 11.1 Å². The molecule has 0 spiro atoms. The highest BCUT2D eigenvalue weighted by atomic mass is 16.4. The van der Waals surface area contributed by atoms with E-state index >= 15 is 0 Å². The third-order valence-corrected chi connectivity index (χ3v) is 6.48. The first-order chi connectivity index (χ1) is 15.1. The van der Waals surface area contributed by atoms with E-state index in [0.29, 0.717) is 17.5 Å². The molecule has 5 nitrogen and oxygen atoms in total. The number of aromatic nitrogens is 3. The van der Waals surface area contributed by atoms with Crippen molar-refractivity contribution in [3.8, 4) is 11.1 Å². The molecule has 0 saturated heterocycles. The molecule has 1 saturated carbocycles. The average Bonchev–Trinajstić information content (AvgIpc) is 3.23. The highest BCUT2D eigenvalue weighted by molar-refractivity contribution is 5.95. The van der Waals surface area contributed by atoms with Gasteiger partial charge >= 0.3 is 5.97 Å². The third-order valence-electron chi connectivity index (χ3n) is 6.48. The van der Waals surface area contributed by atoms with Gasteiger partial charge in [-0.1, -0.05) is 68.7 Å². The van der Waals surface area contributed by atoms with E-state index in [4.69, 9.17) is 10.1 Å². The molecule has 1 aliphatic carbocycles. The van der Waals surface area contributed by atoms with Crippen molar-refractivity contribution >= 4 is 5.97 Å². The van der Waals surface area contributed by atoms with Crippen LogP contribution >= 0.6 is 0 Å². The molecule has 0 bridgehead atoms. The molecule has 3 aromatic rings. The van der Waals surface area contributed by atoms with Crippen LogP contribution in [0.4, 0.5) is 0 Å². The second kappa shape index (κ2) is 9.46. The Labute approximate surface area is 184 Å². The molecule has 162 valence electrons. The Morgan fingerprint density at radius 1 is 1.10 bits per heavy atom. The van der Waals surface area contributed by atoms with E-state index in [1.807, 2.05) is 24.3 Å². The Morgan fingerprint density at radius 2 is 1.81 bits per heavy atom. The van der Waals surface area contributed by atoms with Crippen molar-refractivity contribution < 1.29 is 9.90 Å². The third kappa shape index (κ3) is 4.71. The van der Waals surface area contributed by atoms with E-state index in [9.17, 15) is 9.90 Å². The van der Waals surface area contributed by atoms with Gasteiger partial charge in [0.1, 0.15) is 5.82 Å². The van der Waals surface area contributed by atoms with Gasteiger partial charge in [0.15, 0.2) is 5.82 Å². The molecule has 1 unspecified atom stereocenters.